The third-order valence-corrected chi connectivity index (χ3v) is 4.70. The summed E-state index contributed by atoms with van der Waals surface area (Å²) in [6.45, 7) is 0.582. The van der Waals surface area contributed by atoms with Crippen LogP contribution in [0.4, 0.5) is 5.69 Å². The SMILES string of the molecule is O=C(c1cc2ncc(Br)cn2n1)N1CCc2[nH]c(CBr)cc2N1. The van der Waals surface area contributed by atoms with Crippen LogP contribution < -0.4 is 5.43 Å². The molecule has 0 atom stereocenters. The van der Waals surface area contributed by atoms with Crippen molar-refractivity contribution in [3.8, 4) is 0 Å². The first-order chi connectivity index (χ1) is 11.1. The fourth-order valence-corrected chi connectivity index (χ4v) is 3.20. The van der Waals surface area contributed by atoms with Crippen molar-refractivity contribution < 1.29 is 4.79 Å². The van der Waals surface area contributed by atoms with Crippen LogP contribution in [0.1, 0.15) is 21.9 Å². The summed E-state index contributed by atoms with van der Waals surface area (Å²) < 4.78 is 2.40. The lowest BCUT2D eigenvalue weighted by molar-refractivity contribution is 0.0783. The van der Waals surface area contributed by atoms with E-state index >= 15 is 0 Å². The second-order valence-electron chi connectivity index (χ2n) is 5.24. The van der Waals surface area contributed by atoms with Crippen LogP contribution in [0, 0.1) is 0 Å². The van der Waals surface area contributed by atoms with Crippen molar-refractivity contribution in [3.05, 3.63) is 46.1 Å². The molecule has 0 spiro atoms. The summed E-state index contributed by atoms with van der Waals surface area (Å²) in [4.78, 5) is 20.2. The minimum atomic E-state index is -0.168. The fourth-order valence-electron chi connectivity index (χ4n) is 2.60. The van der Waals surface area contributed by atoms with Crippen LogP contribution in [-0.4, -0.2) is 37.0 Å². The number of halogens is 2. The topological polar surface area (TPSA) is 78.3 Å². The number of H-pyrrole nitrogens is 1. The number of alkyl halides is 1. The van der Waals surface area contributed by atoms with Gasteiger partial charge in [-0.25, -0.2) is 9.50 Å². The van der Waals surface area contributed by atoms with Crippen LogP contribution >= 0.6 is 31.9 Å². The van der Waals surface area contributed by atoms with Gasteiger partial charge in [-0.1, -0.05) is 15.9 Å². The maximum absolute atomic E-state index is 12.7. The Labute approximate surface area is 148 Å². The number of aromatic nitrogens is 4. The number of carbonyl (C=O) groups excluding carboxylic acids is 1. The minimum absolute atomic E-state index is 0.168. The van der Waals surface area contributed by atoms with Gasteiger partial charge < -0.3 is 4.98 Å². The van der Waals surface area contributed by atoms with Crippen molar-refractivity contribution in [3.63, 3.8) is 0 Å². The number of nitrogens with one attached hydrogen (secondary N) is 2. The van der Waals surface area contributed by atoms with E-state index in [1.807, 2.05) is 6.07 Å². The lowest BCUT2D eigenvalue weighted by Crippen LogP contribution is -2.40. The van der Waals surface area contributed by atoms with Crippen LogP contribution in [0.15, 0.2) is 29.0 Å². The van der Waals surface area contributed by atoms with Gasteiger partial charge in [-0.2, -0.15) is 5.10 Å². The monoisotopic (exact) mass is 438 g/mol. The summed E-state index contributed by atoms with van der Waals surface area (Å²) in [6, 6.07) is 3.69. The summed E-state index contributed by atoms with van der Waals surface area (Å²) in [5, 5.41) is 6.64. The molecule has 1 aliphatic heterocycles. The van der Waals surface area contributed by atoms with E-state index in [0.717, 1.165) is 33.3 Å². The number of hydrogen-bond acceptors (Lipinski definition) is 4. The second kappa shape index (κ2) is 5.64. The molecule has 7 nitrogen and oxygen atoms in total. The molecule has 0 bridgehead atoms. The molecule has 3 aromatic heterocycles. The highest BCUT2D eigenvalue weighted by atomic mass is 79.9. The molecule has 9 heteroatoms. The quantitative estimate of drug-likeness (QED) is 0.602. The molecule has 3 aromatic rings. The minimum Gasteiger partial charge on any atom is -0.360 e. The van der Waals surface area contributed by atoms with Gasteiger partial charge in [-0.15, -0.1) is 0 Å². The molecule has 0 aliphatic carbocycles. The molecule has 2 N–H and O–H groups in total. The number of hydrazine groups is 1. The standard InChI is InChI=1S/C14H12Br2N6O/c15-5-9-3-11-10(18-9)1-2-21(19-11)14(23)12-4-13-17-6-8(16)7-22(13)20-12/h3-4,6-7,18-19H,1-2,5H2. The molecular formula is C14H12Br2N6O. The Morgan fingerprint density at radius 2 is 2.26 bits per heavy atom. The summed E-state index contributed by atoms with van der Waals surface area (Å²) in [6.07, 6.45) is 4.23. The fraction of sp³-hybridized carbons (Fsp3) is 0.214. The van der Waals surface area contributed by atoms with Gasteiger partial charge in [-0.05, 0) is 22.0 Å². The Balaban J connectivity index is 1.61. The molecule has 0 radical (unpaired) electrons. The van der Waals surface area contributed by atoms with Gasteiger partial charge in [0.05, 0.1) is 10.2 Å². The molecule has 4 heterocycles. The van der Waals surface area contributed by atoms with E-state index in [1.54, 1.807) is 28.0 Å². The van der Waals surface area contributed by atoms with Crippen LogP contribution in [0.3, 0.4) is 0 Å². The second-order valence-corrected chi connectivity index (χ2v) is 6.72. The Hall–Kier alpha value is -1.87. The first-order valence-electron chi connectivity index (χ1n) is 7.00. The van der Waals surface area contributed by atoms with Crippen molar-refractivity contribution in [1.82, 2.24) is 24.6 Å². The summed E-state index contributed by atoms with van der Waals surface area (Å²) >= 11 is 6.77. The Bertz CT molecular complexity index is 902. The Morgan fingerprint density at radius 3 is 3.09 bits per heavy atom. The van der Waals surface area contributed by atoms with E-state index in [9.17, 15) is 4.79 Å². The largest absolute Gasteiger partial charge is 0.360 e. The van der Waals surface area contributed by atoms with Crippen LogP contribution in [-0.2, 0) is 11.8 Å². The van der Waals surface area contributed by atoms with Crippen molar-refractivity contribution in [2.45, 2.75) is 11.8 Å². The zero-order valence-electron chi connectivity index (χ0n) is 11.9. The molecule has 4 rings (SSSR count). The highest BCUT2D eigenvalue weighted by Crippen LogP contribution is 2.24. The number of rotatable bonds is 2. The molecule has 0 saturated carbocycles. The molecule has 0 fully saturated rings. The molecule has 1 aliphatic rings. The maximum Gasteiger partial charge on any atom is 0.292 e. The zero-order valence-corrected chi connectivity index (χ0v) is 15.1. The maximum atomic E-state index is 12.7. The molecule has 0 saturated heterocycles. The van der Waals surface area contributed by atoms with E-state index in [-0.39, 0.29) is 5.91 Å². The van der Waals surface area contributed by atoms with Crippen molar-refractivity contribution in [2.24, 2.45) is 0 Å². The highest BCUT2D eigenvalue weighted by Gasteiger charge is 2.25. The summed E-state index contributed by atoms with van der Waals surface area (Å²) in [7, 11) is 0. The predicted octanol–water partition coefficient (Wildman–Crippen LogP) is 2.74. The third kappa shape index (κ3) is 2.63. The molecule has 0 unspecified atom stereocenters. The van der Waals surface area contributed by atoms with E-state index in [0.29, 0.717) is 17.9 Å². The van der Waals surface area contributed by atoms with Gasteiger partial charge in [-0.3, -0.25) is 15.2 Å². The number of nitrogens with zero attached hydrogens (tertiary/aromatic N) is 4. The van der Waals surface area contributed by atoms with Crippen molar-refractivity contribution >= 4 is 49.1 Å². The molecule has 1 amide bonds. The number of aromatic amines is 1. The first-order valence-corrected chi connectivity index (χ1v) is 8.91. The first kappa shape index (κ1) is 14.7. The number of anilines is 1. The van der Waals surface area contributed by atoms with Gasteiger partial charge in [0.25, 0.3) is 5.91 Å². The smallest absolute Gasteiger partial charge is 0.292 e. The van der Waals surface area contributed by atoms with E-state index in [4.69, 9.17) is 0 Å². The summed E-state index contributed by atoms with van der Waals surface area (Å²) in [5.74, 6) is -0.168. The van der Waals surface area contributed by atoms with Gasteiger partial charge in [0, 0.05) is 48.1 Å². The van der Waals surface area contributed by atoms with E-state index in [1.165, 1.54) is 0 Å². The Morgan fingerprint density at radius 1 is 1.39 bits per heavy atom. The van der Waals surface area contributed by atoms with Gasteiger partial charge in [0.15, 0.2) is 11.3 Å². The highest BCUT2D eigenvalue weighted by molar-refractivity contribution is 9.10. The normalized spacial score (nSPS) is 13.9. The third-order valence-electron chi connectivity index (χ3n) is 3.69. The van der Waals surface area contributed by atoms with Crippen LogP contribution in [0.25, 0.3) is 5.65 Å². The molecule has 118 valence electrons. The number of carbonyl (C=O) groups is 1. The van der Waals surface area contributed by atoms with Gasteiger partial charge in [0.2, 0.25) is 0 Å². The number of amides is 1. The van der Waals surface area contributed by atoms with Gasteiger partial charge in [0.1, 0.15) is 0 Å². The van der Waals surface area contributed by atoms with Gasteiger partial charge >= 0.3 is 0 Å². The summed E-state index contributed by atoms with van der Waals surface area (Å²) in [5.41, 5.74) is 7.29. The average molecular weight is 440 g/mol. The molecular weight excluding hydrogens is 428 g/mol. The lowest BCUT2D eigenvalue weighted by atomic mass is 10.2. The molecule has 0 aromatic carbocycles. The number of fused-ring (bicyclic) bond motifs is 2. The zero-order chi connectivity index (χ0) is 16.0. The predicted molar refractivity (Wildman–Crippen MR) is 92.5 cm³/mol. The van der Waals surface area contributed by atoms with E-state index < -0.39 is 0 Å². The van der Waals surface area contributed by atoms with Crippen LogP contribution in [0.5, 0.6) is 0 Å². The van der Waals surface area contributed by atoms with Crippen molar-refractivity contribution in [2.75, 3.05) is 12.0 Å². The average Bonchev–Trinajstić information content (AvgIpc) is 3.16. The number of hydrogen-bond donors (Lipinski definition) is 2. The van der Waals surface area contributed by atoms with Crippen molar-refractivity contribution in [1.29, 1.82) is 0 Å². The van der Waals surface area contributed by atoms with E-state index in [2.05, 4.69) is 52.4 Å². The lowest BCUT2D eigenvalue weighted by Gasteiger charge is -2.27. The molecule has 23 heavy (non-hydrogen) atoms. The Kier molecular flexibility index (Phi) is 3.61. The van der Waals surface area contributed by atoms with Crippen LogP contribution in [0.2, 0.25) is 0 Å².